The molecule has 1 saturated heterocycles. The molecule has 3 aromatic rings. The Morgan fingerprint density at radius 3 is 2.59 bits per heavy atom. The molecule has 8 heteroatoms. The number of rotatable bonds is 6. The number of nitrogens with zero attached hydrogens (tertiary/aromatic N) is 1. The summed E-state index contributed by atoms with van der Waals surface area (Å²) in [5, 5.41) is 7.89. The second kappa shape index (κ2) is 9.07. The van der Waals surface area contributed by atoms with Crippen molar-refractivity contribution in [2.24, 2.45) is 5.92 Å². The van der Waals surface area contributed by atoms with Gasteiger partial charge >= 0.3 is 0 Å². The van der Waals surface area contributed by atoms with Gasteiger partial charge in [0.25, 0.3) is 5.91 Å². The number of fused-ring (bicyclic) bond motifs is 3. The lowest BCUT2D eigenvalue weighted by atomic mass is 9.88. The Hall–Kier alpha value is -4.04. The molecule has 3 aromatic carbocycles. The molecule has 0 aliphatic carbocycles. The van der Waals surface area contributed by atoms with Crippen LogP contribution in [0.2, 0.25) is 0 Å². The topological polar surface area (TPSA) is 91.9 Å². The predicted molar refractivity (Wildman–Crippen MR) is 129 cm³/mol. The van der Waals surface area contributed by atoms with Gasteiger partial charge in [-0.15, -0.1) is 0 Å². The lowest BCUT2D eigenvalue weighted by Crippen LogP contribution is -2.35. The highest BCUT2D eigenvalue weighted by Gasteiger charge is 2.44. The van der Waals surface area contributed by atoms with E-state index in [1.165, 1.54) is 0 Å². The Kier molecular flexibility index (Phi) is 5.81. The van der Waals surface area contributed by atoms with Gasteiger partial charge in [-0.3, -0.25) is 9.59 Å². The summed E-state index contributed by atoms with van der Waals surface area (Å²) < 4.78 is 10.5. The molecule has 0 bridgehead atoms. The summed E-state index contributed by atoms with van der Waals surface area (Å²) in [5.74, 6) is 1.01. The Bertz CT molecular complexity index is 1230. The van der Waals surface area contributed by atoms with Crippen LogP contribution in [0.1, 0.15) is 27.5 Å². The summed E-state index contributed by atoms with van der Waals surface area (Å²) in [5.41, 5.74) is 7.40. The van der Waals surface area contributed by atoms with Crippen molar-refractivity contribution in [1.29, 1.82) is 0 Å². The molecule has 0 saturated carbocycles. The molecule has 0 aromatic heterocycles. The van der Waals surface area contributed by atoms with Crippen molar-refractivity contribution in [2.75, 3.05) is 31.1 Å². The number of hydrazine groups is 1. The largest absolute Gasteiger partial charge is 0.497 e. The summed E-state index contributed by atoms with van der Waals surface area (Å²) >= 11 is 0. The third-order valence-corrected chi connectivity index (χ3v) is 6.29. The van der Waals surface area contributed by atoms with Crippen molar-refractivity contribution in [1.82, 2.24) is 10.7 Å². The Morgan fingerprint density at radius 1 is 1.03 bits per heavy atom. The zero-order chi connectivity index (χ0) is 23.7. The zero-order valence-electron chi connectivity index (χ0n) is 19.0. The SMILES string of the molecule is COc1ccc(N2NC3c4cc(C(=O)NCc5cccc(OC)c5)ccc4NCC3C2=O)cc1. The smallest absolute Gasteiger partial charge is 0.251 e. The van der Waals surface area contributed by atoms with Gasteiger partial charge in [0.2, 0.25) is 5.91 Å². The minimum Gasteiger partial charge on any atom is -0.497 e. The maximum Gasteiger partial charge on any atom is 0.251 e. The molecule has 1 fully saturated rings. The molecule has 8 nitrogen and oxygen atoms in total. The second-order valence-corrected chi connectivity index (χ2v) is 8.30. The number of carbonyl (C=O) groups is 2. The van der Waals surface area contributed by atoms with E-state index in [4.69, 9.17) is 9.47 Å². The standard InChI is InChI=1S/C26H26N4O4/c1-33-19-9-7-18(8-10-19)30-26(32)22-15-27-23-11-6-17(13-21(23)24(22)29-30)25(31)28-14-16-4-3-5-20(12-16)34-2/h3-13,22,24,27,29H,14-15H2,1-2H3,(H,28,31). The van der Waals surface area contributed by atoms with Crippen LogP contribution in [0.25, 0.3) is 0 Å². The first-order valence-corrected chi connectivity index (χ1v) is 11.1. The first-order chi connectivity index (χ1) is 16.6. The van der Waals surface area contributed by atoms with Crippen LogP contribution in [0.5, 0.6) is 11.5 Å². The fourth-order valence-corrected chi connectivity index (χ4v) is 4.43. The van der Waals surface area contributed by atoms with E-state index >= 15 is 0 Å². The number of hydrogen-bond donors (Lipinski definition) is 3. The molecule has 0 radical (unpaired) electrons. The molecule has 174 valence electrons. The lowest BCUT2D eigenvalue weighted by molar-refractivity contribution is -0.120. The molecular weight excluding hydrogens is 432 g/mol. The summed E-state index contributed by atoms with van der Waals surface area (Å²) in [6, 6.07) is 20.2. The molecule has 2 unspecified atom stereocenters. The fraction of sp³-hybridized carbons (Fsp3) is 0.231. The minimum absolute atomic E-state index is 0.0128. The van der Waals surface area contributed by atoms with Crippen molar-refractivity contribution in [3.8, 4) is 11.5 Å². The highest BCUT2D eigenvalue weighted by molar-refractivity contribution is 5.99. The third kappa shape index (κ3) is 4.04. The van der Waals surface area contributed by atoms with Crippen molar-refractivity contribution in [3.05, 3.63) is 83.4 Å². The highest BCUT2D eigenvalue weighted by Crippen LogP contribution is 2.40. The van der Waals surface area contributed by atoms with Crippen molar-refractivity contribution in [3.63, 3.8) is 0 Å². The number of anilines is 2. The van der Waals surface area contributed by atoms with Gasteiger partial charge < -0.3 is 20.1 Å². The number of methoxy groups -OCH3 is 2. The van der Waals surface area contributed by atoms with Crippen LogP contribution in [0, 0.1) is 5.92 Å². The number of benzene rings is 3. The second-order valence-electron chi connectivity index (χ2n) is 8.30. The predicted octanol–water partition coefficient (Wildman–Crippen LogP) is 3.27. The van der Waals surface area contributed by atoms with Gasteiger partial charge in [0.1, 0.15) is 11.5 Å². The number of amides is 2. The molecule has 0 spiro atoms. The Labute approximate surface area is 197 Å². The van der Waals surface area contributed by atoms with Gasteiger partial charge in [-0.2, -0.15) is 0 Å². The van der Waals surface area contributed by atoms with Crippen LogP contribution >= 0.6 is 0 Å². The highest BCUT2D eigenvalue weighted by atomic mass is 16.5. The normalized spacial score (nSPS) is 18.5. The van der Waals surface area contributed by atoms with Crippen LogP contribution in [0.15, 0.2) is 66.7 Å². The molecule has 2 aliphatic heterocycles. The zero-order valence-corrected chi connectivity index (χ0v) is 19.0. The van der Waals surface area contributed by atoms with E-state index in [1.807, 2.05) is 60.7 Å². The summed E-state index contributed by atoms with van der Waals surface area (Å²) in [4.78, 5) is 26.0. The Balaban J connectivity index is 1.34. The number of ether oxygens (including phenoxy) is 2. The van der Waals surface area contributed by atoms with E-state index in [-0.39, 0.29) is 23.8 Å². The van der Waals surface area contributed by atoms with Crippen molar-refractivity contribution in [2.45, 2.75) is 12.6 Å². The van der Waals surface area contributed by atoms with Gasteiger partial charge in [0.15, 0.2) is 0 Å². The molecule has 2 atom stereocenters. The van der Waals surface area contributed by atoms with Gasteiger partial charge in [-0.05, 0) is 65.7 Å². The fourth-order valence-electron chi connectivity index (χ4n) is 4.43. The van der Waals surface area contributed by atoms with E-state index in [2.05, 4.69) is 16.1 Å². The summed E-state index contributed by atoms with van der Waals surface area (Å²) in [6.07, 6.45) is 0. The van der Waals surface area contributed by atoms with Crippen molar-refractivity contribution < 1.29 is 19.1 Å². The molecule has 2 aliphatic rings. The summed E-state index contributed by atoms with van der Waals surface area (Å²) in [7, 11) is 3.22. The molecule has 3 N–H and O–H groups in total. The van der Waals surface area contributed by atoms with Gasteiger partial charge in [-0.25, -0.2) is 10.4 Å². The molecular formula is C26H26N4O4. The van der Waals surface area contributed by atoms with E-state index < -0.39 is 0 Å². The lowest BCUT2D eigenvalue weighted by Gasteiger charge is -2.27. The van der Waals surface area contributed by atoms with Gasteiger partial charge in [0, 0.05) is 24.3 Å². The molecule has 2 heterocycles. The van der Waals surface area contributed by atoms with Crippen LogP contribution in [-0.2, 0) is 11.3 Å². The van der Waals surface area contributed by atoms with Crippen molar-refractivity contribution >= 4 is 23.2 Å². The van der Waals surface area contributed by atoms with Crippen LogP contribution in [0.3, 0.4) is 0 Å². The van der Waals surface area contributed by atoms with Gasteiger partial charge in [-0.1, -0.05) is 12.1 Å². The van der Waals surface area contributed by atoms with E-state index in [0.717, 1.165) is 34.0 Å². The first kappa shape index (κ1) is 21.8. The molecule has 5 rings (SSSR count). The minimum atomic E-state index is -0.273. The van der Waals surface area contributed by atoms with E-state index in [9.17, 15) is 9.59 Å². The average molecular weight is 459 g/mol. The molecule has 2 amide bonds. The molecule has 34 heavy (non-hydrogen) atoms. The van der Waals surface area contributed by atoms with Crippen LogP contribution in [-0.4, -0.2) is 32.6 Å². The maximum absolute atomic E-state index is 13.1. The first-order valence-electron chi connectivity index (χ1n) is 11.1. The number of carbonyl (C=O) groups excluding carboxylic acids is 2. The monoisotopic (exact) mass is 458 g/mol. The van der Waals surface area contributed by atoms with E-state index in [0.29, 0.717) is 18.7 Å². The van der Waals surface area contributed by atoms with Crippen LogP contribution < -0.4 is 30.5 Å². The maximum atomic E-state index is 13.1. The number of nitrogens with one attached hydrogen (secondary N) is 3. The van der Waals surface area contributed by atoms with Gasteiger partial charge in [0.05, 0.1) is 31.9 Å². The van der Waals surface area contributed by atoms with Crippen LogP contribution in [0.4, 0.5) is 11.4 Å². The summed E-state index contributed by atoms with van der Waals surface area (Å²) in [6.45, 7) is 0.914. The third-order valence-electron chi connectivity index (χ3n) is 6.29. The average Bonchev–Trinajstić information content (AvgIpc) is 3.23. The number of hydrogen-bond acceptors (Lipinski definition) is 6. The quantitative estimate of drug-likeness (QED) is 0.525. The van der Waals surface area contributed by atoms with E-state index in [1.54, 1.807) is 25.3 Å². The Morgan fingerprint density at radius 2 is 1.82 bits per heavy atom.